The third-order valence-corrected chi connectivity index (χ3v) is 20.9. The summed E-state index contributed by atoms with van der Waals surface area (Å²) in [6.07, 6.45) is 123. The largest absolute Gasteiger partial charge is 0.472 e. The van der Waals surface area contributed by atoms with E-state index in [1.54, 1.807) is 0 Å². The molecule has 0 heterocycles. The van der Waals surface area contributed by atoms with Crippen LogP contribution in [0.3, 0.4) is 0 Å². The van der Waals surface area contributed by atoms with Crippen molar-refractivity contribution in [2.75, 3.05) is 39.6 Å². The van der Waals surface area contributed by atoms with E-state index in [0.717, 1.165) is 186 Å². The van der Waals surface area contributed by atoms with E-state index in [9.17, 15) is 43.5 Å². The molecule has 5 atom stereocenters. The molecule has 0 aliphatic heterocycles. The molecule has 0 aromatic carbocycles. The lowest BCUT2D eigenvalue weighted by atomic mass is 10.0. The number of aliphatic hydroxyl groups is 2. The molecule has 18 heteroatoms. The van der Waals surface area contributed by atoms with Crippen molar-refractivity contribution in [1.29, 1.82) is 0 Å². The second-order valence-electron chi connectivity index (χ2n) is 30.3. The van der Waals surface area contributed by atoms with Gasteiger partial charge in [0.05, 0.1) is 26.4 Å². The van der Waals surface area contributed by atoms with Crippen LogP contribution in [-0.4, -0.2) is 95.9 Å². The number of aliphatic hydroxyl groups excluding tert-OH is 2. The molecule has 0 aromatic heterocycles. The van der Waals surface area contributed by atoms with Crippen LogP contribution in [-0.2, 0) is 55.8 Å². The Hall–Kier alpha value is -5.87. The van der Waals surface area contributed by atoms with Gasteiger partial charge in [-0.15, -0.1) is 0 Å². The zero-order valence-electron chi connectivity index (χ0n) is 74.5. The first-order chi connectivity index (χ1) is 58.2. The van der Waals surface area contributed by atoms with Crippen molar-refractivity contribution in [3.05, 3.63) is 207 Å². The third kappa shape index (κ3) is 92.7. The summed E-state index contributed by atoms with van der Waals surface area (Å²) >= 11 is 0. The molecule has 0 radical (unpaired) electrons. The fourth-order valence-corrected chi connectivity index (χ4v) is 13.7. The summed E-state index contributed by atoms with van der Waals surface area (Å²) in [7, 11) is -9.83. The van der Waals surface area contributed by atoms with E-state index >= 15 is 0 Å². The van der Waals surface area contributed by atoms with Gasteiger partial charge in [-0.2, -0.15) is 0 Å². The van der Waals surface area contributed by atoms with E-state index in [1.165, 1.54) is 109 Å². The molecular weight excluding hydrogens is 1530 g/mol. The van der Waals surface area contributed by atoms with Crippen LogP contribution in [0.15, 0.2) is 207 Å². The monoisotopic (exact) mass is 1700 g/mol. The molecule has 0 aliphatic rings. The van der Waals surface area contributed by atoms with Crippen LogP contribution in [0.2, 0.25) is 0 Å². The Bertz CT molecular complexity index is 2990. The minimum atomic E-state index is -4.96. The summed E-state index contributed by atoms with van der Waals surface area (Å²) in [4.78, 5) is 59.0. The second-order valence-corrected chi connectivity index (χ2v) is 33.2. The zero-order chi connectivity index (χ0) is 86.5. The Labute approximate surface area is 724 Å². The van der Waals surface area contributed by atoms with E-state index in [1.807, 2.05) is 0 Å². The Morgan fingerprint density at radius 2 is 0.420 bits per heavy atom. The molecule has 0 amide bonds. The first-order valence-corrected chi connectivity index (χ1v) is 49.4. The van der Waals surface area contributed by atoms with Gasteiger partial charge in [0.25, 0.3) is 0 Å². The van der Waals surface area contributed by atoms with Crippen molar-refractivity contribution in [2.24, 2.45) is 0 Å². The maximum absolute atomic E-state index is 13.0. The predicted molar refractivity (Wildman–Crippen MR) is 500 cm³/mol. The van der Waals surface area contributed by atoms with Crippen LogP contribution in [0.5, 0.6) is 0 Å². The predicted octanol–water partition coefficient (Wildman–Crippen LogP) is 28.8. The number of carbonyl (C=O) groups is 3. The van der Waals surface area contributed by atoms with Crippen molar-refractivity contribution < 1.29 is 75.8 Å². The molecule has 0 rings (SSSR count). The highest BCUT2D eigenvalue weighted by molar-refractivity contribution is 7.47. The standard InChI is InChI=1S/C101H166O16P2/c1-4-7-10-13-16-19-22-25-28-31-34-36-38-40-42-44-46-47-49-51-52-54-56-58-61-63-66-69-72-75-78-81-84-87-99(104)111-90-96(102)91-113-118(107,108)114-92-97(103)93-115-119(109,110)116-95-98(117-101(106)89-86-83-80-77-74-71-68-65-60-33-30-27-24-21-18-15-12-9-6-3)94-112-100(105)88-85-82-79-76-73-70-67-64-62-59-57-55-53-50-48-45-43-41-39-37-35-32-29-26-23-20-17-14-11-8-5-2/h7-12,16-21,25-30,34-37,40-43,46-48,50,60,65,71,74,96-98,102-103H,4-6,13-15,22-24,31-33,38-39,44-45,49,51-59,61-64,66-70,72-73,75-95H2,1-3H3,(H,107,108)(H,109,110)/b10-7-,11-8-,12-9-,19-16-,20-17-,21-18-,28-25-,29-26-,30-27-,36-34-,37-35-,42-40-,43-41-,47-46-,50-48-,65-60-,74-71-. The SMILES string of the molecule is CC/C=C\C/C=C\C/C=C\C/C=C\C/C=C\C/C=C\CCCCCCCCCCCCCCCCC(=O)OCC(O)COP(=O)(O)OCC(O)COP(=O)(O)OCC(COC(=O)CCCCCCCCCCCCCC/C=C\C/C=C\C/C=C\C/C=C\C/C=C\C/C=C\CC)OC(=O)CCCCC/C=C\C/C=C\C/C=C\C/C=C\C/C=C\CC. The molecule has 0 aliphatic carbocycles. The van der Waals surface area contributed by atoms with Crippen molar-refractivity contribution >= 4 is 33.6 Å². The van der Waals surface area contributed by atoms with Gasteiger partial charge in [-0.1, -0.05) is 375 Å². The number of esters is 3. The molecule has 4 N–H and O–H groups in total. The Morgan fingerprint density at radius 3 is 0.672 bits per heavy atom. The lowest BCUT2D eigenvalue weighted by Gasteiger charge is -2.21. The number of phosphoric acid groups is 2. The molecular formula is C101H166O16P2. The average Bonchev–Trinajstić information content (AvgIpc) is 0.941. The molecule has 0 spiro atoms. The zero-order valence-corrected chi connectivity index (χ0v) is 76.2. The summed E-state index contributed by atoms with van der Waals surface area (Å²) in [5.41, 5.74) is 0. The van der Waals surface area contributed by atoms with E-state index in [4.69, 9.17) is 32.3 Å². The summed E-state index contributed by atoms with van der Waals surface area (Å²) in [6.45, 7) is 2.32. The fraction of sp³-hybridized carbons (Fsp3) is 0.634. The molecule has 0 saturated heterocycles. The molecule has 0 fully saturated rings. The topological polar surface area (TPSA) is 231 Å². The number of hydrogen-bond acceptors (Lipinski definition) is 14. The lowest BCUT2D eigenvalue weighted by Crippen LogP contribution is -2.30. The number of allylic oxidation sites excluding steroid dienone is 34. The van der Waals surface area contributed by atoms with Crippen LogP contribution >= 0.6 is 15.6 Å². The minimum Gasteiger partial charge on any atom is -0.463 e. The van der Waals surface area contributed by atoms with Crippen LogP contribution < -0.4 is 0 Å². The van der Waals surface area contributed by atoms with E-state index in [0.29, 0.717) is 19.3 Å². The molecule has 0 aromatic rings. The van der Waals surface area contributed by atoms with Gasteiger partial charge in [-0.25, -0.2) is 9.13 Å². The average molecular weight is 1700 g/mol. The Balaban J connectivity index is 4.58. The number of carbonyl (C=O) groups excluding carboxylic acids is 3. The highest BCUT2D eigenvalue weighted by Gasteiger charge is 2.29. The van der Waals surface area contributed by atoms with Gasteiger partial charge >= 0.3 is 33.6 Å². The summed E-state index contributed by atoms with van der Waals surface area (Å²) in [5.74, 6) is -1.62. The summed E-state index contributed by atoms with van der Waals surface area (Å²) in [6, 6.07) is 0. The number of unbranched alkanes of at least 4 members (excludes halogenated alkanes) is 29. The fourth-order valence-electron chi connectivity index (χ4n) is 12.1. The molecule has 119 heavy (non-hydrogen) atoms. The maximum atomic E-state index is 13.0. The van der Waals surface area contributed by atoms with Crippen molar-refractivity contribution in [3.63, 3.8) is 0 Å². The van der Waals surface area contributed by atoms with Crippen molar-refractivity contribution in [3.8, 4) is 0 Å². The maximum Gasteiger partial charge on any atom is 0.472 e. The van der Waals surface area contributed by atoms with E-state index < -0.39 is 91.5 Å². The highest BCUT2D eigenvalue weighted by atomic mass is 31.2. The molecule has 0 bridgehead atoms. The van der Waals surface area contributed by atoms with Crippen LogP contribution in [0.25, 0.3) is 0 Å². The first kappa shape index (κ1) is 113. The molecule has 5 unspecified atom stereocenters. The van der Waals surface area contributed by atoms with Crippen molar-refractivity contribution in [1.82, 2.24) is 0 Å². The number of ether oxygens (including phenoxy) is 3. The van der Waals surface area contributed by atoms with Gasteiger partial charge in [0.2, 0.25) is 0 Å². The van der Waals surface area contributed by atoms with Crippen LogP contribution in [0.4, 0.5) is 0 Å². The first-order valence-electron chi connectivity index (χ1n) is 46.4. The third-order valence-electron chi connectivity index (χ3n) is 19.0. The van der Waals surface area contributed by atoms with E-state index in [-0.39, 0.29) is 19.3 Å². The summed E-state index contributed by atoms with van der Waals surface area (Å²) < 4.78 is 61.4. The quantitative estimate of drug-likeness (QED) is 0.0146. The van der Waals surface area contributed by atoms with Gasteiger partial charge in [-0.3, -0.25) is 32.5 Å². The summed E-state index contributed by atoms with van der Waals surface area (Å²) in [5, 5.41) is 20.7. The van der Waals surface area contributed by atoms with Gasteiger partial charge < -0.3 is 34.2 Å². The smallest absolute Gasteiger partial charge is 0.463 e. The number of phosphoric ester groups is 2. The Morgan fingerprint density at radius 1 is 0.235 bits per heavy atom. The Kier molecular flexibility index (Phi) is 86.8. The van der Waals surface area contributed by atoms with Crippen molar-refractivity contribution in [2.45, 2.75) is 373 Å². The van der Waals surface area contributed by atoms with Crippen LogP contribution in [0, 0.1) is 0 Å². The number of rotatable bonds is 86. The minimum absolute atomic E-state index is 0.0588. The van der Waals surface area contributed by atoms with Gasteiger partial charge in [-0.05, 0) is 167 Å². The van der Waals surface area contributed by atoms with Gasteiger partial charge in [0.15, 0.2) is 6.10 Å². The van der Waals surface area contributed by atoms with Gasteiger partial charge in [0.1, 0.15) is 25.4 Å². The molecule has 0 saturated carbocycles. The lowest BCUT2D eigenvalue weighted by molar-refractivity contribution is -0.161. The normalized spacial score (nSPS) is 14.7. The van der Waals surface area contributed by atoms with Crippen LogP contribution in [0.1, 0.15) is 355 Å². The van der Waals surface area contributed by atoms with Gasteiger partial charge in [0, 0.05) is 19.3 Å². The highest BCUT2D eigenvalue weighted by Crippen LogP contribution is 2.45. The number of hydrogen-bond donors (Lipinski definition) is 4. The molecule has 676 valence electrons. The molecule has 16 nitrogen and oxygen atoms in total. The second kappa shape index (κ2) is 91.3. The van der Waals surface area contributed by atoms with E-state index in [2.05, 4.69) is 227 Å².